The lowest BCUT2D eigenvalue weighted by Gasteiger charge is -2.04. The molecule has 6 nitrogen and oxygen atoms in total. The molecule has 0 spiro atoms. The number of aromatic carboxylic acids is 1. The van der Waals surface area contributed by atoms with Crippen LogP contribution in [-0.2, 0) is 0 Å². The van der Waals surface area contributed by atoms with E-state index in [1.54, 1.807) is 18.2 Å². The van der Waals surface area contributed by atoms with Gasteiger partial charge in [-0.05, 0) is 40.2 Å². The normalized spacial score (nSPS) is 9.95. The van der Waals surface area contributed by atoms with E-state index in [2.05, 4.69) is 31.2 Å². The van der Waals surface area contributed by atoms with E-state index in [0.717, 1.165) is 0 Å². The van der Waals surface area contributed by atoms with Gasteiger partial charge in [0.1, 0.15) is 16.1 Å². The molecule has 2 rings (SSSR count). The number of hydrogen-bond acceptors (Lipinski definition) is 4. The minimum absolute atomic E-state index is 0.0486. The summed E-state index contributed by atoms with van der Waals surface area (Å²) in [7, 11) is 0. The van der Waals surface area contributed by atoms with Gasteiger partial charge in [0, 0.05) is 6.20 Å². The number of anilines is 1. The molecule has 0 unspecified atom stereocenters. The van der Waals surface area contributed by atoms with Crippen molar-refractivity contribution in [3.63, 3.8) is 0 Å². The van der Waals surface area contributed by atoms with Crippen LogP contribution in [0.5, 0.6) is 0 Å². The number of carboxylic acids is 1. The van der Waals surface area contributed by atoms with Crippen LogP contribution in [0.15, 0.2) is 41.1 Å². The quantitative estimate of drug-likeness (QED) is 0.845. The van der Waals surface area contributed by atoms with E-state index >= 15 is 0 Å². The Hall–Kier alpha value is -2.28. The number of nitrogens with zero attached hydrogens (tertiary/aromatic N) is 2. The number of carbonyl (C=O) groups is 2. The summed E-state index contributed by atoms with van der Waals surface area (Å²) in [5.74, 6) is -1.39. The average Bonchev–Trinajstić information content (AvgIpc) is 2.39. The highest BCUT2D eigenvalue weighted by Crippen LogP contribution is 2.10. The van der Waals surface area contributed by atoms with E-state index in [4.69, 9.17) is 5.11 Å². The minimum atomic E-state index is -1.08. The molecule has 2 N–H and O–H groups in total. The molecule has 7 heteroatoms. The van der Waals surface area contributed by atoms with Gasteiger partial charge in [0.05, 0.1) is 5.56 Å². The minimum Gasteiger partial charge on any atom is -0.478 e. The van der Waals surface area contributed by atoms with Gasteiger partial charge in [0.15, 0.2) is 0 Å². The molecule has 0 saturated heterocycles. The van der Waals surface area contributed by atoms with Crippen molar-refractivity contribution in [2.24, 2.45) is 0 Å². The second-order valence-corrected chi connectivity index (χ2v) is 4.35. The maximum absolute atomic E-state index is 11.9. The van der Waals surface area contributed by atoms with Crippen molar-refractivity contribution >= 4 is 33.6 Å². The molecule has 0 atom stereocenters. The number of pyridine rings is 2. The van der Waals surface area contributed by atoms with Gasteiger partial charge in [0.25, 0.3) is 5.91 Å². The summed E-state index contributed by atoms with van der Waals surface area (Å²) in [6, 6.07) is 7.53. The molecule has 2 heterocycles. The van der Waals surface area contributed by atoms with Gasteiger partial charge in [-0.1, -0.05) is 6.07 Å². The number of halogens is 1. The first kappa shape index (κ1) is 13.2. The van der Waals surface area contributed by atoms with Crippen LogP contribution < -0.4 is 5.32 Å². The zero-order valence-electron chi connectivity index (χ0n) is 9.50. The topological polar surface area (TPSA) is 92.2 Å². The largest absolute Gasteiger partial charge is 0.478 e. The Morgan fingerprint density at radius 1 is 1.26 bits per heavy atom. The van der Waals surface area contributed by atoms with Gasteiger partial charge in [-0.15, -0.1) is 0 Å². The smallest absolute Gasteiger partial charge is 0.335 e. The zero-order valence-corrected chi connectivity index (χ0v) is 11.1. The van der Waals surface area contributed by atoms with Gasteiger partial charge in [0.2, 0.25) is 0 Å². The Kier molecular flexibility index (Phi) is 3.86. The van der Waals surface area contributed by atoms with Crippen molar-refractivity contribution < 1.29 is 14.7 Å². The standard InChI is InChI=1S/C12H8BrN3O3/c13-9-3-1-2-8(15-9)11(17)16-10-6-7(12(18)19)4-5-14-10/h1-6H,(H,18,19)(H,14,16,17). The molecule has 0 aliphatic carbocycles. The Bertz CT molecular complexity index is 646. The van der Waals surface area contributed by atoms with Gasteiger partial charge >= 0.3 is 5.97 Å². The summed E-state index contributed by atoms with van der Waals surface area (Å²) < 4.78 is 0.535. The average molecular weight is 322 g/mol. The molecular weight excluding hydrogens is 314 g/mol. The molecule has 96 valence electrons. The van der Waals surface area contributed by atoms with Crippen molar-refractivity contribution in [1.29, 1.82) is 0 Å². The summed E-state index contributed by atoms with van der Waals surface area (Å²) in [5.41, 5.74) is 0.254. The van der Waals surface area contributed by atoms with E-state index in [1.807, 2.05) is 0 Å². The lowest BCUT2D eigenvalue weighted by atomic mass is 10.2. The number of nitrogens with one attached hydrogen (secondary N) is 1. The third kappa shape index (κ3) is 3.35. The van der Waals surface area contributed by atoms with E-state index in [-0.39, 0.29) is 17.1 Å². The molecule has 0 aliphatic rings. The number of amides is 1. The first-order valence-corrected chi connectivity index (χ1v) is 5.99. The SMILES string of the molecule is O=C(O)c1ccnc(NC(=O)c2cccc(Br)n2)c1. The Labute approximate surface area is 116 Å². The second-order valence-electron chi connectivity index (χ2n) is 3.53. The summed E-state index contributed by atoms with van der Waals surface area (Å²) in [6.45, 7) is 0. The molecule has 2 aromatic heterocycles. The van der Waals surface area contributed by atoms with Crippen LogP contribution in [0.1, 0.15) is 20.8 Å². The van der Waals surface area contributed by atoms with Gasteiger partial charge in [-0.2, -0.15) is 0 Å². The maximum Gasteiger partial charge on any atom is 0.335 e. The second kappa shape index (κ2) is 5.57. The fourth-order valence-corrected chi connectivity index (χ4v) is 1.69. The zero-order chi connectivity index (χ0) is 13.8. The predicted molar refractivity (Wildman–Crippen MR) is 71.1 cm³/mol. The van der Waals surface area contributed by atoms with E-state index in [9.17, 15) is 9.59 Å². The summed E-state index contributed by atoms with van der Waals surface area (Å²) in [4.78, 5) is 30.5. The predicted octanol–water partition coefficient (Wildman–Crippen LogP) is 2.19. The van der Waals surface area contributed by atoms with Crippen LogP contribution in [0, 0.1) is 0 Å². The Morgan fingerprint density at radius 3 is 2.74 bits per heavy atom. The number of carbonyl (C=O) groups excluding carboxylic acids is 1. The Balaban J connectivity index is 2.19. The van der Waals surface area contributed by atoms with Crippen LogP contribution in [0.3, 0.4) is 0 Å². The number of hydrogen-bond donors (Lipinski definition) is 2. The van der Waals surface area contributed by atoms with Crippen LogP contribution in [0.25, 0.3) is 0 Å². The highest BCUT2D eigenvalue weighted by Gasteiger charge is 2.10. The van der Waals surface area contributed by atoms with Crippen LogP contribution >= 0.6 is 15.9 Å². The van der Waals surface area contributed by atoms with E-state index < -0.39 is 11.9 Å². The van der Waals surface area contributed by atoms with Crippen molar-refractivity contribution in [3.8, 4) is 0 Å². The maximum atomic E-state index is 11.9. The number of aromatic nitrogens is 2. The molecule has 0 fully saturated rings. The molecule has 0 radical (unpaired) electrons. The fraction of sp³-hybridized carbons (Fsp3) is 0. The van der Waals surface area contributed by atoms with Crippen molar-refractivity contribution in [2.75, 3.05) is 5.32 Å². The lowest BCUT2D eigenvalue weighted by Crippen LogP contribution is -2.15. The molecule has 0 bridgehead atoms. The van der Waals surface area contributed by atoms with Crippen molar-refractivity contribution in [2.45, 2.75) is 0 Å². The number of carboxylic acid groups (broad SMARTS) is 1. The van der Waals surface area contributed by atoms with E-state index in [0.29, 0.717) is 4.60 Å². The van der Waals surface area contributed by atoms with Crippen molar-refractivity contribution in [3.05, 3.63) is 52.4 Å². The van der Waals surface area contributed by atoms with Crippen LogP contribution in [0.2, 0.25) is 0 Å². The van der Waals surface area contributed by atoms with Crippen LogP contribution in [0.4, 0.5) is 5.82 Å². The Morgan fingerprint density at radius 2 is 2.05 bits per heavy atom. The molecule has 1 amide bonds. The summed E-state index contributed by atoms with van der Waals surface area (Å²) in [6.07, 6.45) is 1.31. The molecule has 0 aromatic carbocycles. The fourth-order valence-electron chi connectivity index (χ4n) is 1.35. The highest BCUT2D eigenvalue weighted by molar-refractivity contribution is 9.10. The van der Waals surface area contributed by atoms with Crippen molar-refractivity contribution in [1.82, 2.24) is 9.97 Å². The third-order valence-electron chi connectivity index (χ3n) is 2.20. The van der Waals surface area contributed by atoms with Gasteiger partial charge in [-0.25, -0.2) is 14.8 Å². The molecular formula is C12H8BrN3O3. The third-order valence-corrected chi connectivity index (χ3v) is 2.64. The molecule has 19 heavy (non-hydrogen) atoms. The molecule has 2 aromatic rings. The lowest BCUT2D eigenvalue weighted by molar-refractivity contribution is 0.0696. The number of rotatable bonds is 3. The monoisotopic (exact) mass is 321 g/mol. The van der Waals surface area contributed by atoms with Crippen LogP contribution in [-0.4, -0.2) is 27.0 Å². The highest BCUT2D eigenvalue weighted by atomic mass is 79.9. The summed E-state index contributed by atoms with van der Waals surface area (Å²) >= 11 is 3.16. The first-order valence-electron chi connectivity index (χ1n) is 5.19. The first-order chi connectivity index (χ1) is 9.06. The molecule has 0 saturated carbocycles. The van der Waals surface area contributed by atoms with E-state index in [1.165, 1.54) is 18.3 Å². The summed E-state index contributed by atoms with van der Waals surface area (Å²) in [5, 5.41) is 11.3. The molecule has 0 aliphatic heterocycles. The van der Waals surface area contributed by atoms with Gasteiger partial charge in [-0.3, -0.25) is 4.79 Å². The van der Waals surface area contributed by atoms with Gasteiger partial charge < -0.3 is 10.4 Å².